The van der Waals surface area contributed by atoms with Crippen molar-refractivity contribution in [3.63, 3.8) is 0 Å². The van der Waals surface area contributed by atoms with Crippen LogP contribution >= 0.6 is 11.9 Å². The number of hydrogen-bond acceptors (Lipinski definition) is 7. The number of anilines is 1. The van der Waals surface area contributed by atoms with Gasteiger partial charge in [-0.3, -0.25) is 24.5 Å². The topological polar surface area (TPSA) is 141 Å². The molecule has 0 bridgehead atoms. The lowest BCUT2D eigenvalue weighted by Gasteiger charge is -2.14. The third-order valence-corrected chi connectivity index (χ3v) is 4.89. The molecule has 3 amide bonds. The molecule has 2 aromatic carbocycles. The minimum absolute atomic E-state index is 0.152. The Balaban J connectivity index is 1.63. The molecular formula is C22H22N4O5S. The van der Waals surface area contributed by atoms with Crippen LogP contribution in [0.1, 0.15) is 15.9 Å². The van der Waals surface area contributed by atoms with Gasteiger partial charge in [0.25, 0.3) is 17.7 Å². The lowest BCUT2D eigenvalue weighted by atomic mass is 10.1. The zero-order valence-electron chi connectivity index (χ0n) is 17.2. The average molecular weight is 455 g/mol. The van der Waals surface area contributed by atoms with E-state index in [1.165, 1.54) is 6.07 Å². The van der Waals surface area contributed by atoms with Crippen molar-refractivity contribution in [1.29, 1.82) is 5.41 Å². The minimum Gasteiger partial charge on any atom is -0.512 e. The zero-order chi connectivity index (χ0) is 23.1. The van der Waals surface area contributed by atoms with E-state index in [9.17, 15) is 19.5 Å². The van der Waals surface area contributed by atoms with E-state index in [0.29, 0.717) is 17.0 Å². The Hall–Kier alpha value is -3.79. The highest BCUT2D eigenvalue weighted by molar-refractivity contribution is 7.97. The molecule has 2 aromatic rings. The van der Waals surface area contributed by atoms with Crippen LogP contribution in [0.2, 0.25) is 0 Å². The number of carbonyl (C=O) groups excluding carboxylic acids is 3. The molecule has 1 aliphatic rings. The third-order valence-electron chi connectivity index (χ3n) is 4.51. The van der Waals surface area contributed by atoms with E-state index in [0.717, 1.165) is 23.6 Å². The first-order valence-corrected chi connectivity index (χ1v) is 10.8. The Labute approximate surface area is 188 Å². The summed E-state index contributed by atoms with van der Waals surface area (Å²) in [5.74, 6) is -1.50. The maximum absolute atomic E-state index is 12.6. The quantitative estimate of drug-likeness (QED) is 0.247. The molecule has 32 heavy (non-hydrogen) atoms. The third kappa shape index (κ3) is 5.88. The highest BCUT2D eigenvalue weighted by Crippen LogP contribution is 2.28. The number of rotatable bonds is 7. The van der Waals surface area contributed by atoms with Crippen LogP contribution in [0.5, 0.6) is 5.75 Å². The van der Waals surface area contributed by atoms with Crippen molar-refractivity contribution in [3.8, 4) is 5.75 Å². The van der Waals surface area contributed by atoms with E-state index in [-0.39, 0.29) is 24.7 Å². The molecule has 0 saturated heterocycles. The predicted octanol–water partition coefficient (Wildman–Crippen LogP) is 2.21. The number of aliphatic hydroxyl groups is 1. The molecule has 0 aromatic heterocycles. The van der Waals surface area contributed by atoms with E-state index in [4.69, 9.17) is 10.1 Å². The van der Waals surface area contributed by atoms with Crippen LogP contribution < -0.4 is 20.1 Å². The van der Waals surface area contributed by atoms with Gasteiger partial charge in [0, 0.05) is 24.3 Å². The van der Waals surface area contributed by atoms with Gasteiger partial charge in [-0.2, -0.15) is 0 Å². The number of carbonyl (C=O) groups is 3. The molecule has 0 aliphatic carbocycles. The summed E-state index contributed by atoms with van der Waals surface area (Å²) < 4.78 is 8.19. The Morgan fingerprint density at radius 2 is 2.03 bits per heavy atom. The molecule has 0 spiro atoms. The molecule has 9 nitrogen and oxygen atoms in total. The second-order valence-electron chi connectivity index (χ2n) is 6.88. The van der Waals surface area contributed by atoms with Crippen LogP contribution in [0.15, 0.2) is 60.4 Å². The summed E-state index contributed by atoms with van der Waals surface area (Å²) in [5.41, 5.74) is 0.972. The van der Waals surface area contributed by atoms with Gasteiger partial charge in [-0.05, 0) is 23.8 Å². The second kappa shape index (κ2) is 10.5. The van der Waals surface area contributed by atoms with E-state index in [1.807, 2.05) is 30.3 Å². The normalized spacial score (nSPS) is 15.5. The molecule has 1 atom stereocenters. The van der Waals surface area contributed by atoms with Gasteiger partial charge in [-0.25, -0.2) is 0 Å². The number of nitrogens with one attached hydrogen (secondary N) is 4. The van der Waals surface area contributed by atoms with Crippen molar-refractivity contribution < 1.29 is 24.2 Å². The number of fused-ring (bicyclic) bond motifs is 1. The monoisotopic (exact) mass is 454 g/mol. The molecule has 1 heterocycles. The van der Waals surface area contributed by atoms with Gasteiger partial charge in [0.05, 0.1) is 11.4 Å². The van der Waals surface area contributed by atoms with E-state index < -0.39 is 23.6 Å². The molecule has 0 radical (unpaired) electrons. The Morgan fingerprint density at radius 3 is 2.75 bits per heavy atom. The van der Waals surface area contributed by atoms with Gasteiger partial charge in [-0.15, -0.1) is 0 Å². The molecule has 0 unspecified atom stereocenters. The van der Waals surface area contributed by atoms with Gasteiger partial charge in [0.2, 0.25) is 0 Å². The van der Waals surface area contributed by atoms with Crippen LogP contribution in [-0.2, 0) is 16.0 Å². The molecule has 1 aliphatic heterocycles. The second-order valence-corrected chi connectivity index (χ2v) is 7.50. The van der Waals surface area contributed by atoms with Crippen molar-refractivity contribution >= 4 is 41.1 Å². The van der Waals surface area contributed by atoms with Gasteiger partial charge < -0.3 is 20.5 Å². The van der Waals surface area contributed by atoms with Crippen molar-refractivity contribution in [2.75, 3.05) is 18.2 Å². The van der Waals surface area contributed by atoms with Crippen molar-refractivity contribution in [2.45, 2.75) is 12.5 Å². The Morgan fingerprint density at radius 1 is 1.28 bits per heavy atom. The molecule has 0 fully saturated rings. The van der Waals surface area contributed by atoms with Crippen LogP contribution in [0.4, 0.5) is 5.69 Å². The van der Waals surface area contributed by atoms with E-state index in [2.05, 4.69) is 15.4 Å². The number of benzene rings is 2. The molecule has 166 valence electrons. The molecular weight excluding hydrogens is 432 g/mol. The molecule has 0 saturated carbocycles. The minimum atomic E-state index is -1.07. The number of aliphatic hydroxyl groups excluding tert-OH is 1. The highest BCUT2D eigenvalue weighted by Gasteiger charge is 2.27. The van der Waals surface area contributed by atoms with Crippen LogP contribution in [0.3, 0.4) is 0 Å². The Bertz CT molecular complexity index is 1070. The number of amides is 3. The summed E-state index contributed by atoms with van der Waals surface area (Å²) in [5, 5.41) is 23.0. The van der Waals surface area contributed by atoms with Crippen LogP contribution in [-0.4, -0.2) is 47.4 Å². The Kier molecular flexibility index (Phi) is 7.50. The number of hydrogen-bond donors (Lipinski definition) is 5. The summed E-state index contributed by atoms with van der Waals surface area (Å²) in [7, 11) is 0. The van der Waals surface area contributed by atoms with Gasteiger partial charge in [0.15, 0.2) is 0 Å². The van der Waals surface area contributed by atoms with Gasteiger partial charge in [0.1, 0.15) is 24.1 Å². The van der Waals surface area contributed by atoms with Crippen molar-refractivity contribution in [1.82, 2.24) is 10.0 Å². The maximum atomic E-state index is 12.6. The summed E-state index contributed by atoms with van der Waals surface area (Å²) >= 11 is 1.15. The number of ether oxygens (including phenoxy) is 1. The van der Waals surface area contributed by atoms with E-state index >= 15 is 0 Å². The summed E-state index contributed by atoms with van der Waals surface area (Å²) in [4.78, 5) is 36.9. The maximum Gasteiger partial charge on any atom is 0.270 e. The molecule has 10 heteroatoms. The zero-order valence-corrected chi connectivity index (χ0v) is 18.0. The first kappa shape index (κ1) is 22.9. The number of allylic oxidation sites excluding steroid dienone is 1. The fraction of sp³-hybridized carbons (Fsp3) is 0.182. The average Bonchev–Trinajstić information content (AvgIpc) is 2.92. The lowest BCUT2D eigenvalue weighted by Crippen LogP contribution is -2.48. The summed E-state index contributed by atoms with van der Waals surface area (Å²) in [6.07, 6.45) is 2.93. The van der Waals surface area contributed by atoms with Crippen molar-refractivity contribution in [3.05, 3.63) is 71.5 Å². The van der Waals surface area contributed by atoms with Crippen LogP contribution in [0.25, 0.3) is 0 Å². The van der Waals surface area contributed by atoms with Crippen LogP contribution in [0, 0.1) is 5.41 Å². The first-order chi connectivity index (χ1) is 15.4. The first-order valence-electron chi connectivity index (χ1n) is 9.61. The highest BCUT2D eigenvalue weighted by atomic mass is 32.2. The smallest absolute Gasteiger partial charge is 0.270 e. The van der Waals surface area contributed by atoms with Gasteiger partial charge >= 0.3 is 0 Å². The van der Waals surface area contributed by atoms with Crippen molar-refractivity contribution in [2.24, 2.45) is 0 Å². The molecule has 3 rings (SSSR count). The SMILES string of the molecule is CSNC(=O)c1ccc2c(c1)NC(=O)[C@@H](NC(=O)C(=N)/C=C(\O)Cc1ccccc1)CO2. The fourth-order valence-electron chi connectivity index (χ4n) is 2.95. The standard InChI is InChI=1S/C22H22N4O5S/c1-32-26-20(28)14-7-8-19-17(10-14)24-22(30)18(12-31-19)25-21(29)16(23)11-15(27)9-13-5-3-2-4-6-13/h2-8,10-11,18,23,27H,9,12H2,1H3,(H,24,30)(H,25,29)(H,26,28)/b15-11-,23-16?/t18-/m0/s1. The molecule has 5 N–H and O–H groups in total. The summed E-state index contributed by atoms with van der Waals surface area (Å²) in [6, 6.07) is 12.6. The van der Waals surface area contributed by atoms with E-state index in [1.54, 1.807) is 18.4 Å². The predicted molar refractivity (Wildman–Crippen MR) is 122 cm³/mol. The fourth-order valence-corrected chi connectivity index (χ4v) is 3.25. The largest absolute Gasteiger partial charge is 0.512 e. The van der Waals surface area contributed by atoms with Gasteiger partial charge in [-0.1, -0.05) is 42.3 Å². The summed E-state index contributed by atoms with van der Waals surface area (Å²) in [6.45, 7) is -0.159. The lowest BCUT2D eigenvalue weighted by molar-refractivity contribution is -0.123.